The second-order valence-electron chi connectivity index (χ2n) is 6.29. The van der Waals surface area contributed by atoms with Crippen LogP contribution in [0.4, 0.5) is 8.78 Å². The molecular formula is C20H18ClF2N3O2. The maximum absolute atomic E-state index is 13.7. The minimum Gasteiger partial charge on any atom is -0.486 e. The van der Waals surface area contributed by atoms with Crippen molar-refractivity contribution in [1.82, 2.24) is 14.7 Å². The van der Waals surface area contributed by atoms with Crippen molar-refractivity contribution in [1.29, 1.82) is 0 Å². The molecule has 8 heteroatoms. The molecule has 0 radical (unpaired) electrons. The molecule has 0 aliphatic rings. The molecule has 5 nitrogen and oxygen atoms in total. The molecule has 1 heterocycles. The van der Waals surface area contributed by atoms with Crippen LogP contribution in [0.5, 0.6) is 5.75 Å². The van der Waals surface area contributed by atoms with Gasteiger partial charge in [0.25, 0.3) is 5.91 Å². The number of halogens is 3. The molecule has 0 aliphatic carbocycles. The van der Waals surface area contributed by atoms with Gasteiger partial charge in [0, 0.05) is 25.7 Å². The van der Waals surface area contributed by atoms with E-state index in [0.29, 0.717) is 22.7 Å². The van der Waals surface area contributed by atoms with E-state index < -0.39 is 11.6 Å². The summed E-state index contributed by atoms with van der Waals surface area (Å²) in [5.41, 5.74) is 1.87. The van der Waals surface area contributed by atoms with Gasteiger partial charge in [0.15, 0.2) is 11.6 Å². The second-order valence-corrected chi connectivity index (χ2v) is 6.70. The highest BCUT2D eigenvalue weighted by molar-refractivity contribution is 6.31. The summed E-state index contributed by atoms with van der Waals surface area (Å²) in [5.74, 6) is -1.71. The molecule has 2 aromatic carbocycles. The molecule has 0 saturated heterocycles. The molecule has 28 heavy (non-hydrogen) atoms. The van der Waals surface area contributed by atoms with Crippen molar-refractivity contribution in [2.45, 2.75) is 13.2 Å². The number of nitrogens with zero attached hydrogens (tertiary/aromatic N) is 3. The lowest BCUT2D eigenvalue weighted by atomic mass is 10.1. The van der Waals surface area contributed by atoms with Crippen molar-refractivity contribution in [3.05, 3.63) is 82.1 Å². The fraction of sp³-hybridized carbons (Fsp3) is 0.200. The van der Waals surface area contributed by atoms with E-state index >= 15 is 0 Å². The molecule has 1 amide bonds. The standard InChI is InChI=1S/C20H18ClF2N3O2/c1-25(11-18-16(21)10-24-26(18)2)20(27)14-5-3-4-13(8-14)12-28-19-7-6-15(22)9-17(19)23/h3-10H,11-12H2,1-2H3. The first-order valence-electron chi connectivity index (χ1n) is 8.44. The molecular weight excluding hydrogens is 388 g/mol. The third kappa shape index (κ3) is 4.48. The number of hydrogen-bond acceptors (Lipinski definition) is 3. The van der Waals surface area contributed by atoms with Crippen LogP contribution in [0.3, 0.4) is 0 Å². The summed E-state index contributed by atoms with van der Waals surface area (Å²) in [6, 6.07) is 9.95. The van der Waals surface area contributed by atoms with Crippen LogP contribution in [-0.4, -0.2) is 27.6 Å². The SMILES string of the molecule is CN(Cc1c(Cl)cnn1C)C(=O)c1cccc(COc2ccc(F)cc2F)c1. The average Bonchev–Trinajstić information content (AvgIpc) is 2.99. The smallest absolute Gasteiger partial charge is 0.253 e. The largest absolute Gasteiger partial charge is 0.486 e. The number of ether oxygens (including phenoxy) is 1. The predicted octanol–water partition coefficient (Wildman–Crippen LogP) is 4.20. The lowest BCUT2D eigenvalue weighted by Gasteiger charge is -2.18. The summed E-state index contributed by atoms with van der Waals surface area (Å²) in [6.45, 7) is 0.344. The summed E-state index contributed by atoms with van der Waals surface area (Å²) in [7, 11) is 3.43. The number of aryl methyl sites for hydroxylation is 1. The molecule has 0 spiro atoms. The van der Waals surface area contributed by atoms with Gasteiger partial charge >= 0.3 is 0 Å². The van der Waals surface area contributed by atoms with E-state index in [4.69, 9.17) is 16.3 Å². The molecule has 1 aromatic heterocycles. The van der Waals surface area contributed by atoms with E-state index in [2.05, 4.69) is 5.10 Å². The Morgan fingerprint density at radius 2 is 2.04 bits per heavy atom. The maximum atomic E-state index is 13.7. The first kappa shape index (κ1) is 19.8. The lowest BCUT2D eigenvalue weighted by Crippen LogP contribution is -2.27. The fourth-order valence-corrected chi connectivity index (χ4v) is 2.90. The first-order valence-corrected chi connectivity index (χ1v) is 8.81. The Hall–Kier alpha value is -2.93. The Morgan fingerprint density at radius 3 is 2.71 bits per heavy atom. The van der Waals surface area contributed by atoms with Crippen LogP contribution in [-0.2, 0) is 20.2 Å². The zero-order valence-corrected chi connectivity index (χ0v) is 16.1. The quantitative estimate of drug-likeness (QED) is 0.617. The van der Waals surface area contributed by atoms with Gasteiger partial charge in [-0.15, -0.1) is 0 Å². The summed E-state index contributed by atoms with van der Waals surface area (Å²) in [4.78, 5) is 14.3. The van der Waals surface area contributed by atoms with Crippen LogP contribution < -0.4 is 4.74 Å². The number of aromatic nitrogens is 2. The fourth-order valence-electron chi connectivity index (χ4n) is 2.68. The van der Waals surface area contributed by atoms with Gasteiger partial charge in [-0.25, -0.2) is 8.78 Å². The first-order chi connectivity index (χ1) is 13.3. The highest BCUT2D eigenvalue weighted by Gasteiger charge is 2.16. The van der Waals surface area contributed by atoms with E-state index in [1.807, 2.05) is 0 Å². The summed E-state index contributed by atoms with van der Waals surface area (Å²) in [5, 5.41) is 4.55. The van der Waals surface area contributed by atoms with Crippen molar-refractivity contribution in [3.8, 4) is 5.75 Å². The number of hydrogen-bond donors (Lipinski definition) is 0. The molecule has 0 N–H and O–H groups in total. The van der Waals surface area contributed by atoms with E-state index in [0.717, 1.165) is 17.8 Å². The minimum absolute atomic E-state index is 0.0426. The van der Waals surface area contributed by atoms with Crippen LogP contribution in [0.2, 0.25) is 5.02 Å². The third-order valence-corrected chi connectivity index (χ3v) is 4.52. The molecule has 0 aliphatic heterocycles. The Labute approximate surface area is 166 Å². The summed E-state index contributed by atoms with van der Waals surface area (Å²) in [6.07, 6.45) is 1.53. The normalized spacial score (nSPS) is 10.8. The van der Waals surface area contributed by atoms with Crippen LogP contribution in [0.25, 0.3) is 0 Å². The average molecular weight is 406 g/mol. The second kappa shape index (κ2) is 8.39. The van der Waals surface area contributed by atoms with Gasteiger partial charge in [-0.3, -0.25) is 9.48 Å². The van der Waals surface area contributed by atoms with E-state index in [9.17, 15) is 13.6 Å². The van der Waals surface area contributed by atoms with Crippen LogP contribution in [0.1, 0.15) is 21.6 Å². The van der Waals surface area contributed by atoms with Gasteiger partial charge in [-0.1, -0.05) is 23.7 Å². The molecule has 0 bridgehead atoms. The minimum atomic E-state index is -0.778. The summed E-state index contributed by atoms with van der Waals surface area (Å²) >= 11 is 6.10. The Bertz CT molecular complexity index is 987. The Balaban J connectivity index is 1.69. The monoisotopic (exact) mass is 405 g/mol. The van der Waals surface area contributed by atoms with E-state index in [-0.39, 0.29) is 18.3 Å². The van der Waals surface area contributed by atoms with Crippen molar-refractivity contribution in [3.63, 3.8) is 0 Å². The Kier molecular flexibility index (Phi) is 5.94. The number of carbonyl (C=O) groups excluding carboxylic acids is 1. The topological polar surface area (TPSA) is 47.4 Å². The van der Waals surface area contributed by atoms with Crippen LogP contribution >= 0.6 is 11.6 Å². The number of rotatable bonds is 6. The highest BCUT2D eigenvalue weighted by Crippen LogP contribution is 2.20. The van der Waals surface area contributed by atoms with Crippen molar-refractivity contribution >= 4 is 17.5 Å². The molecule has 0 saturated carbocycles. The molecule has 0 fully saturated rings. The predicted molar refractivity (Wildman–Crippen MR) is 101 cm³/mol. The third-order valence-electron chi connectivity index (χ3n) is 4.21. The van der Waals surface area contributed by atoms with Crippen molar-refractivity contribution in [2.75, 3.05) is 7.05 Å². The number of benzene rings is 2. The molecule has 0 unspecified atom stereocenters. The number of amides is 1. The van der Waals surface area contributed by atoms with Gasteiger partial charge in [0.1, 0.15) is 12.4 Å². The lowest BCUT2D eigenvalue weighted by molar-refractivity contribution is 0.0782. The molecule has 146 valence electrons. The van der Waals surface area contributed by atoms with E-state index in [1.54, 1.807) is 43.0 Å². The van der Waals surface area contributed by atoms with Crippen LogP contribution in [0.15, 0.2) is 48.7 Å². The zero-order chi connectivity index (χ0) is 20.3. The Morgan fingerprint density at radius 1 is 1.25 bits per heavy atom. The van der Waals surface area contributed by atoms with Crippen LogP contribution in [0, 0.1) is 11.6 Å². The zero-order valence-electron chi connectivity index (χ0n) is 15.3. The van der Waals surface area contributed by atoms with Gasteiger partial charge in [0.2, 0.25) is 0 Å². The highest BCUT2D eigenvalue weighted by atomic mass is 35.5. The molecule has 3 aromatic rings. The van der Waals surface area contributed by atoms with Gasteiger partial charge in [-0.05, 0) is 29.8 Å². The summed E-state index contributed by atoms with van der Waals surface area (Å²) < 4.78 is 33.6. The van der Waals surface area contributed by atoms with Gasteiger partial charge < -0.3 is 9.64 Å². The number of carbonyl (C=O) groups is 1. The maximum Gasteiger partial charge on any atom is 0.253 e. The van der Waals surface area contributed by atoms with Crippen molar-refractivity contribution in [2.24, 2.45) is 7.05 Å². The molecule has 0 atom stereocenters. The van der Waals surface area contributed by atoms with Gasteiger partial charge in [0.05, 0.1) is 23.5 Å². The molecule has 3 rings (SSSR count). The van der Waals surface area contributed by atoms with Gasteiger partial charge in [-0.2, -0.15) is 5.10 Å². The van der Waals surface area contributed by atoms with Crippen molar-refractivity contribution < 1.29 is 18.3 Å². The van der Waals surface area contributed by atoms with E-state index in [1.165, 1.54) is 17.2 Å².